The molecule has 0 N–H and O–H groups in total. The molecule has 0 aliphatic heterocycles. The van der Waals surface area contributed by atoms with Crippen LogP contribution in [0.2, 0.25) is 0 Å². The Bertz CT molecular complexity index is 38.5. The minimum Gasteiger partial charge on any atom is -0.330 e. The van der Waals surface area contributed by atoms with Crippen LogP contribution in [-0.2, 0) is 42.1 Å². The van der Waals surface area contributed by atoms with Gasteiger partial charge in [-0.15, -0.1) is 0 Å². The predicted molar refractivity (Wildman–Crippen MR) is 15.6 cm³/mol. The van der Waals surface area contributed by atoms with Gasteiger partial charge in [0.15, 0.2) is 0 Å². The molecule has 34 valence electrons. The van der Waals surface area contributed by atoms with Crippen LogP contribution in [-0.4, -0.2) is 0 Å². The average Bonchev–Trinajstić information content (AvgIpc) is 1.37. The van der Waals surface area contributed by atoms with Gasteiger partial charge in [-0.25, -0.2) is 5.26 Å². The Labute approximate surface area is 66.6 Å². The minimum atomic E-state index is 0. The molecule has 0 saturated carbocycles. The maximum atomic E-state index is 7.56. The zero-order chi connectivity index (χ0) is 3.41. The van der Waals surface area contributed by atoms with Gasteiger partial charge in [0.25, 0.3) is 0 Å². The molecule has 0 heterocycles. The van der Waals surface area contributed by atoms with Crippen molar-refractivity contribution in [1.82, 2.24) is 0 Å². The molecule has 0 amide bonds. The predicted octanol–water partition coefficient (Wildman–Crippen LogP) is 0.729. The summed E-state index contributed by atoms with van der Waals surface area (Å²) < 4.78 is 0. The molecule has 0 radical (unpaired) electrons. The fraction of sp³-hybridized carbons (Fsp3) is 0.333. The van der Waals surface area contributed by atoms with Gasteiger partial charge < -0.3 is 6.92 Å². The third-order valence-electron chi connectivity index (χ3n) is 0.112. The standard InChI is InChI=1S/C3H4N.2W/c1-2-3-4;;/h1-2H2;;/q-1;;. The fourth-order valence-electron chi connectivity index (χ4n) is 0. The maximum absolute atomic E-state index is 7.56. The molecule has 3 heteroatoms. The monoisotopic (exact) mass is 422 g/mol. The molecular formula is C3H4NW2-. The average molecular weight is 422 g/mol. The Morgan fingerprint density at radius 1 is 1.50 bits per heavy atom. The molecule has 0 bridgehead atoms. The second-order valence-electron chi connectivity index (χ2n) is 0.408. The van der Waals surface area contributed by atoms with Gasteiger partial charge in [-0.3, -0.25) is 0 Å². The maximum Gasteiger partial charge on any atom is 0.0292 e. The summed E-state index contributed by atoms with van der Waals surface area (Å²) in [6, 6.07) is 1.82. The topological polar surface area (TPSA) is 23.8 Å². The van der Waals surface area contributed by atoms with Gasteiger partial charge in [0.05, 0.1) is 0 Å². The van der Waals surface area contributed by atoms with Crippen molar-refractivity contribution in [3.8, 4) is 6.07 Å². The normalized spacial score (nSPS) is 3.33. The second-order valence-corrected chi connectivity index (χ2v) is 0.408. The Morgan fingerprint density at radius 2 is 1.67 bits per heavy atom. The molecule has 6 heavy (non-hydrogen) atoms. The van der Waals surface area contributed by atoms with Crippen LogP contribution in [0, 0.1) is 18.3 Å². The van der Waals surface area contributed by atoms with Gasteiger partial charge in [0.2, 0.25) is 0 Å². The van der Waals surface area contributed by atoms with Crippen LogP contribution in [0.15, 0.2) is 0 Å². The Hall–Kier alpha value is 0.867. The Balaban J connectivity index is -0.0000000450. The van der Waals surface area contributed by atoms with Gasteiger partial charge in [-0.2, -0.15) is 0 Å². The summed E-state index contributed by atoms with van der Waals surface area (Å²) >= 11 is 0. The number of rotatable bonds is 0. The number of nitriles is 1. The van der Waals surface area contributed by atoms with Crippen molar-refractivity contribution in [2.75, 3.05) is 0 Å². The van der Waals surface area contributed by atoms with Crippen molar-refractivity contribution in [2.24, 2.45) is 0 Å². The van der Waals surface area contributed by atoms with Crippen molar-refractivity contribution in [3.05, 3.63) is 6.92 Å². The van der Waals surface area contributed by atoms with Gasteiger partial charge in [0, 0.05) is 48.2 Å². The van der Waals surface area contributed by atoms with Crippen molar-refractivity contribution < 1.29 is 42.1 Å². The molecule has 0 aliphatic rings. The van der Waals surface area contributed by atoms with E-state index in [-0.39, 0.29) is 42.1 Å². The first-order valence-electron chi connectivity index (χ1n) is 1.08. The smallest absolute Gasteiger partial charge is 0.0292 e. The van der Waals surface area contributed by atoms with Crippen LogP contribution in [0.1, 0.15) is 6.42 Å². The third-order valence-corrected chi connectivity index (χ3v) is 0.112. The first-order chi connectivity index (χ1) is 1.91. The van der Waals surface area contributed by atoms with Gasteiger partial charge in [-0.1, -0.05) is 6.42 Å². The van der Waals surface area contributed by atoms with Gasteiger partial charge >= 0.3 is 0 Å². The van der Waals surface area contributed by atoms with Gasteiger partial charge in [0.1, 0.15) is 0 Å². The first kappa shape index (κ1) is 15.8. The number of hydrogen-bond donors (Lipinski definition) is 0. The summed E-state index contributed by atoms with van der Waals surface area (Å²) in [6.45, 7) is 3.24. The summed E-state index contributed by atoms with van der Waals surface area (Å²) in [5.41, 5.74) is 0. The number of hydrogen-bond acceptors (Lipinski definition) is 1. The fourth-order valence-corrected chi connectivity index (χ4v) is 0. The van der Waals surface area contributed by atoms with E-state index in [2.05, 4.69) is 6.92 Å². The molecule has 0 unspecified atom stereocenters. The van der Waals surface area contributed by atoms with E-state index in [1.807, 2.05) is 6.07 Å². The summed E-state index contributed by atoms with van der Waals surface area (Å²) in [7, 11) is 0. The largest absolute Gasteiger partial charge is 0.330 e. The molecule has 1 nitrogen and oxygen atoms in total. The first-order valence-corrected chi connectivity index (χ1v) is 1.08. The molecule has 0 saturated heterocycles. The van der Waals surface area contributed by atoms with Crippen molar-refractivity contribution >= 4 is 0 Å². The molecule has 0 aromatic rings. The summed E-state index contributed by atoms with van der Waals surface area (Å²) in [5.74, 6) is 0. The Morgan fingerprint density at radius 3 is 1.67 bits per heavy atom. The van der Waals surface area contributed by atoms with Gasteiger partial charge in [-0.05, 0) is 0 Å². The third kappa shape index (κ3) is 20.9. The molecule has 0 aromatic carbocycles. The van der Waals surface area contributed by atoms with E-state index in [9.17, 15) is 0 Å². The van der Waals surface area contributed by atoms with E-state index in [4.69, 9.17) is 5.26 Å². The Kier molecular flexibility index (Phi) is 44.5. The van der Waals surface area contributed by atoms with E-state index in [0.717, 1.165) is 0 Å². The van der Waals surface area contributed by atoms with Crippen LogP contribution < -0.4 is 0 Å². The van der Waals surface area contributed by atoms with Crippen LogP contribution >= 0.6 is 0 Å². The SMILES string of the molecule is [CH2-]CC#N.[W].[W]. The van der Waals surface area contributed by atoms with E-state index >= 15 is 0 Å². The van der Waals surface area contributed by atoms with Crippen molar-refractivity contribution in [1.29, 1.82) is 5.26 Å². The summed E-state index contributed by atoms with van der Waals surface area (Å²) in [6.07, 6.45) is 0.375. The minimum absolute atomic E-state index is 0. The van der Waals surface area contributed by atoms with Crippen LogP contribution in [0.3, 0.4) is 0 Å². The van der Waals surface area contributed by atoms with E-state index in [0.29, 0.717) is 6.42 Å². The molecule has 0 spiro atoms. The summed E-state index contributed by atoms with van der Waals surface area (Å²) in [4.78, 5) is 0. The molecule has 0 aromatic heterocycles. The zero-order valence-electron chi connectivity index (χ0n) is 3.18. The zero-order valence-corrected chi connectivity index (χ0v) is 9.04. The van der Waals surface area contributed by atoms with E-state index in [1.54, 1.807) is 0 Å². The molecule has 0 fully saturated rings. The molecular weight excluding hydrogens is 418 g/mol. The van der Waals surface area contributed by atoms with Crippen LogP contribution in [0.4, 0.5) is 0 Å². The van der Waals surface area contributed by atoms with Crippen molar-refractivity contribution in [3.63, 3.8) is 0 Å². The van der Waals surface area contributed by atoms with Crippen LogP contribution in [0.25, 0.3) is 0 Å². The molecule has 0 aliphatic carbocycles. The van der Waals surface area contributed by atoms with E-state index in [1.165, 1.54) is 0 Å². The summed E-state index contributed by atoms with van der Waals surface area (Å²) in [5, 5.41) is 7.56. The van der Waals surface area contributed by atoms with Crippen LogP contribution in [0.5, 0.6) is 0 Å². The quantitative estimate of drug-likeness (QED) is 0.529. The second kappa shape index (κ2) is 16.9. The van der Waals surface area contributed by atoms with E-state index < -0.39 is 0 Å². The molecule has 0 atom stereocenters. The number of nitrogens with zero attached hydrogens (tertiary/aromatic N) is 1. The molecule has 0 rings (SSSR count). The van der Waals surface area contributed by atoms with Crippen molar-refractivity contribution in [2.45, 2.75) is 6.42 Å².